The standard InChI is InChI=1S/C31H37N9O2S2/c1-4-40(19(2)20-8-7-11-36-25(20)34)28-22(13-33)27(37-29(38-28)42-18-30(17-41-3)9-5-6-10-30)39-15-31(16-39)24-21(12-32)26(35)44-23(24)14-43-31/h7-8,11,19H,4-6,9-10,14-18,35H2,1-3H3,(H2,34,36)/t19-/m1/s1. The Hall–Kier alpha value is -3.78. The van der Waals surface area contributed by atoms with Gasteiger partial charge in [-0.3, -0.25) is 0 Å². The SMILES string of the molecule is CCN(c1nc(OCC2(COC)CCCC2)nc(N2CC3(C2)SCc2sc(N)c(C#N)c23)c1C#N)[C@H](C)c1cccnc1N. The predicted molar refractivity (Wildman–Crippen MR) is 174 cm³/mol. The smallest absolute Gasteiger partial charge is 0.320 e. The minimum Gasteiger partial charge on any atom is -0.463 e. The highest BCUT2D eigenvalue weighted by molar-refractivity contribution is 8.00. The number of pyridine rings is 1. The zero-order valence-corrected chi connectivity index (χ0v) is 26.9. The predicted octanol–water partition coefficient (Wildman–Crippen LogP) is 4.98. The van der Waals surface area contributed by atoms with Crippen molar-refractivity contribution in [2.24, 2.45) is 5.41 Å². The molecule has 11 nitrogen and oxygen atoms in total. The molecule has 3 aliphatic rings. The number of nitrogens with two attached hydrogens (primary N) is 2. The molecule has 5 heterocycles. The van der Waals surface area contributed by atoms with Crippen LogP contribution in [0.1, 0.15) is 72.7 Å². The van der Waals surface area contributed by atoms with E-state index in [2.05, 4.69) is 26.9 Å². The highest BCUT2D eigenvalue weighted by Gasteiger charge is 2.53. The van der Waals surface area contributed by atoms with Crippen LogP contribution in [-0.2, 0) is 15.2 Å². The average Bonchev–Trinajstić information content (AvgIpc) is 3.70. The summed E-state index contributed by atoms with van der Waals surface area (Å²) in [6.45, 7) is 6.88. The van der Waals surface area contributed by atoms with Crippen molar-refractivity contribution in [2.75, 3.05) is 61.2 Å². The molecule has 13 heteroatoms. The number of hydrogen-bond donors (Lipinski definition) is 2. The molecular weight excluding hydrogens is 595 g/mol. The zero-order chi connectivity index (χ0) is 31.1. The second-order valence-electron chi connectivity index (χ2n) is 11.9. The number of thioether (sulfide) groups is 1. The molecule has 230 valence electrons. The molecule has 0 amide bonds. The van der Waals surface area contributed by atoms with Gasteiger partial charge in [0.1, 0.15) is 28.5 Å². The van der Waals surface area contributed by atoms with E-state index in [0.29, 0.717) is 66.4 Å². The number of rotatable bonds is 10. The molecular formula is C31H37N9O2S2. The second kappa shape index (κ2) is 12.0. The van der Waals surface area contributed by atoms with E-state index in [1.165, 1.54) is 11.3 Å². The van der Waals surface area contributed by atoms with Crippen LogP contribution in [-0.4, -0.2) is 54.9 Å². The lowest BCUT2D eigenvalue weighted by Crippen LogP contribution is -2.57. The van der Waals surface area contributed by atoms with Crippen molar-refractivity contribution in [3.63, 3.8) is 0 Å². The molecule has 44 heavy (non-hydrogen) atoms. The average molecular weight is 632 g/mol. The van der Waals surface area contributed by atoms with E-state index in [1.54, 1.807) is 13.3 Å². The monoisotopic (exact) mass is 631 g/mol. The fourth-order valence-corrected chi connectivity index (χ4v) is 9.80. The van der Waals surface area contributed by atoms with Crippen LogP contribution in [0.5, 0.6) is 6.01 Å². The fourth-order valence-electron chi connectivity index (χ4n) is 6.99. The summed E-state index contributed by atoms with van der Waals surface area (Å²) in [5, 5.41) is 21.0. The number of fused-ring (bicyclic) bond motifs is 2. The molecule has 6 rings (SSSR count). The molecule has 3 aromatic heterocycles. The summed E-state index contributed by atoms with van der Waals surface area (Å²) in [6.07, 6.45) is 5.99. The number of methoxy groups -OCH3 is 1. The Balaban J connectivity index is 1.39. The Kier molecular flexibility index (Phi) is 8.22. The molecule has 0 aromatic carbocycles. The van der Waals surface area contributed by atoms with E-state index in [1.807, 2.05) is 37.7 Å². The lowest BCUT2D eigenvalue weighted by atomic mass is 9.88. The first kappa shape index (κ1) is 30.3. The maximum Gasteiger partial charge on any atom is 0.320 e. The molecule has 2 aliphatic heterocycles. The van der Waals surface area contributed by atoms with Crippen LogP contribution in [0.2, 0.25) is 0 Å². The summed E-state index contributed by atoms with van der Waals surface area (Å²) in [7, 11) is 1.73. The number of hydrogen-bond acceptors (Lipinski definition) is 13. The topological polar surface area (TPSA) is 163 Å². The van der Waals surface area contributed by atoms with Gasteiger partial charge in [-0.05, 0) is 32.8 Å². The summed E-state index contributed by atoms with van der Waals surface area (Å²) >= 11 is 3.34. The van der Waals surface area contributed by atoms with E-state index in [0.717, 1.165) is 47.4 Å². The van der Waals surface area contributed by atoms with Gasteiger partial charge in [0.05, 0.1) is 29.6 Å². The van der Waals surface area contributed by atoms with Crippen molar-refractivity contribution in [3.8, 4) is 18.1 Å². The van der Waals surface area contributed by atoms with Crippen molar-refractivity contribution in [2.45, 2.75) is 56.1 Å². The molecule has 0 bridgehead atoms. The van der Waals surface area contributed by atoms with E-state index < -0.39 is 0 Å². The van der Waals surface area contributed by atoms with Gasteiger partial charge in [0.15, 0.2) is 11.6 Å². The van der Waals surface area contributed by atoms with Crippen LogP contribution in [0.15, 0.2) is 18.3 Å². The van der Waals surface area contributed by atoms with Gasteiger partial charge in [-0.1, -0.05) is 18.9 Å². The Morgan fingerprint density at radius 3 is 2.55 bits per heavy atom. The molecule has 1 aliphatic carbocycles. The third-order valence-electron chi connectivity index (χ3n) is 9.23. The molecule has 3 aromatic rings. The van der Waals surface area contributed by atoms with E-state index in [9.17, 15) is 10.5 Å². The van der Waals surface area contributed by atoms with Gasteiger partial charge in [-0.2, -0.15) is 20.5 Å². The maximum absolute atomic E-state index is 10.6. The summed E-state index contributed by atoms with van der Waals surface area (Å²) in [4.78, 5) is 19.4. The molecule has 1 saturated heterocycles. The number of anilines is 4. The minimum absolute atomic E-state index is 0.0848. The van der Waals surface area contributed by atoms with E-state index in [-0.39, 0.29) is 22.2 Å². The van der Waals surface area contributed by atoms with Crippen molar-refractivity contribution < 1.29 is 9.47 Å². The molecule has 1 spiro atoms. The van der Waals surface area contributed by atoms with E-state index >= 15 is 0 Å². The van der Waals surface area contributed by atoms with Gasteiger partial charge in [-0.25, -0.2) is 4.98 Å². The van der Waals surface area contributed by atoms with Crippen LogP contribution in [0.25, 0.3) is 0 Å². The van der Waals surface area contributed by atoms with Gasteiger partial charge < -0.3 is 30.7 Å². The summed E-state index contributed by atoms with van der Waals surface area (Å²) in [6, 6.07) is 8.58. The molecule has 0 unspecified atom stereocenters. The van der Waals surface area contributed by atoms with Crippen molar-refractivity contribution in [1.82, 2.24) is 15.0 Å². The van der Waals surface area contributed by atoms with Crippen LogP contribution in [0.4, 0.5) is 22.5 Å². The summed E-state index contributed by atoms with van der Waals surface area (Å²) < 4.78 is 11.7. The molecule has 0 radical (unpaired) electrons. The van der Waals surface area contributed by atoms with Crippen LogP contribution in [0, 0.1) is 28.1 Å². The van der Waals surface area contributed by atoms with Gasteiger partial charge >= 0.3 is 6.01 Å². The third kappa shape index (κ3) is 5.07. The van der Waals surface area contributed by atoms with Crippen molar-refractivity contribution >= 4 is 45.6 Å². The number of ether oxygens (including phenoxy) is 2. The number of nitrogen functional groups attached to an aromatic ring is 2. The van der Waals surface area contributed by atoms with Crippen LogP contribution >= 0.6 is 23.1 Å². The Morgan fingerprint density at radius 2 is 1.89 bits per heavy atom. The Morgan fingerprint density at radius 1 is 1.14 bits per heavy atom. The van der Waals surface area contributed by atoms with Gasteiger partial charge in [0, 0.05) is 60.1 Å². The first-order valence-electron chi connectivity index (χ1n) is 14.9. The summed E-state index contributed by atoms with van der Waals surface area (Å²) in [5.41, 5.74) is 15.3. The first-order valence-corrected chi connectivity index (χ1v) is 16.7. The normalized spacial score (nSPS) is 18.3. The van der Waals surface area contributed by atoms with Gasteiger partial charge in [0.2, 0.25) is 0 Å². The van der Waals surface area contributed by atoms with E-state index in [4.69, 9.17) is 30.9 Å². The fraction of sp³-hybridized carbons (Fsp3) is 0.516. The summed E-state index contributed by atoms with van der Waals surface area (Å²) in [5.74, 6) is 2.29. The first-order chi connectivity index (χ1) is 21.3. The zero-order valence-electron chi connectivity index (χ0n) is 25.3. The van der Waals surface area contributed by atoms with Crippen molar-refractivity contribution in [1.29, 1.82) is 10.5 Å². The highest BCUT2D eigenvalue weighted by atomic mass is 32.2. The Labute approximate surface area is 266 Å². The molecule has 1 saturated carbocycles. The molecule has 1 atom stereocenters. The number of nitrogens with zero attached hydrogens (tertiary/aromatic N) is 7. The lowest BCUT2D eigenvalue weighted by molar-refractivity contribution is 0.0400. The molecule has 4 N–H and O–H groups in total. The quantitative estimate of drug-likeness (QED) is 0.309. The van der Waals surface area contributed by atoms with Crippen molar-refractivity contribution in [3.05, 3.63) is 45.5 Å². The number of aromatic nitrogens is 3. The van der Waals surface area contributed by atoms with Gasteiger partial charge in [-0.15, -0.1) is 23.1 Å². The molecule has 2 fully saturated rings. The highest BCUT2D eigenvalue weighted by Crippen LogP contribution is 2.58. The minimum atomic E-state index is -0.262. The van der Waals surface area contributed by atoms with Crippen LogP contribution in [0.3, 0.4) is 0 Å². The van der Waals surface area contributed by atoms with Crippen LogP contribution < -0.4 is 26.0 Å². The Bertz CT molecular complexity index is 1630. The number of nitriles is 2. The second-order valence-corrected chi connectivity index (χ2v) is 14.4. The lowest BCUT2D eigenvalue weighted by Gasteiger charge is -2.49. The maximum atomic E-state index is 10.6. The largest absolute Gasteiger partial charge is 0.463 e. The number of thiophene rings is 1. The third-order valence-corrected chi connectivity index (χ3v) is 11.9. The van der Waals surface area contributed by atoms with Gasteiger partial charge in [0.25, 0.3) is 0 Å².